The third kappa shape index (κ3) is 2.65. The van der Waals surface area contributed by atoms with Crippen LogP contribution < -0.4 is 5.32 Å². The molecule has 0 amide bonds. The molecule has 2 unspecified atom stereocenters. The Morgan fingerprint density at radius 1 is 1.56 bits per heavy atom. The summed E-state index contributed by atoms with van der Waals surface area (Å²) < 4.78 is 1.13. The molecule has 1 aromatic rings. The largest absolute Gasteiger partial charge is 0.394 e. The molecule has 0 aliphatic carbocycles. The van der Waals surface area contributed by atoms with E-state index in [0.717, 1.165) is 23.9 Å². The van der Waals surface area contributed by atoms with Gasteiger partial charge < -0.3 is 10.4 Å². The highest BCUT2D eigenvalue weighted by Gasteiger charge is 2.31. The van der Waals surface area contributed by atoms with Crippen LogP contribution in [-0.4, -0.2) is 23.8 Å². The zero-order valence-electron chi connectivity index (χ0n) is 9.54. The lowest BCUT2D eigenvalue weighted by Gasteiger charge is -2.38. The number of hydrogen-bond donors (Lipinski definition) is 2. The SMILES string of the molecule is CC1(CO)CC(c2cccc(Br)c2)CCN1. The number of piperidine rings is 1. The molecule has 3 heteroatoms. The molecule has 1 heterocycles. The zero-order chi connectivity index (χ0) is 11.6. The smallest absolute Gasteiger partial charge is 0.0610 e. The highest BCUT2D eigenvalue weighted by atomic mass is 79.9. The predicted molar refractivity (Wildman–Crippen MR) is 69.6 cm³/mol. The Balaban J connectivity index is 2.16. The van der Waals surface area contributed by atoms with Crippen molar-refractivity contribution in [3.8, 4) is 0 Å². The van der Waals surface area contributed by atoms with Gasteiger partial charge in [0, 0.05) is 10.0 Å². The van der Waals surface area contributed by atoms with Gasteiger partial charge in [0.1, 0.15) is 0 Å². The van der Waals surface area contributed by atoms with Crippen LogP contribution in [0, 0.1) is 0 Å². The van der Waals surface area contributed by atoms with Crippen LogP contribution >= 0.6 is 15.9 Å². The highest BCUT2D eigenvalue weighted by Crippen LogP contribution is 2.33. The maximum Gasteiger partial charge on any atom is 0.0610 e. The number of nitrogens with one attached hydrogen (secondary N) is 1. The second-order valence-electron chi connectivity index (χ2n) is 4.89. The minimum absolute atomic E-state index is 0.120. The maximum absolute atomic E-state index is 9.40. The van der Waals surface area contributed by atoms with Crippen molar-refractivity contribution in [1.29, 1.82) is 0 Å². The van der Waals surface area contributed by atoms with Crippen LogP contribution in [0.3, 0.4) is 0 Å². The Labute approximate surface area is 105 Å². The Bertz CT molecular complexity index is 369. The standard InChI is InChI=1S/C13H18BrNO/c1-13(9-16)8-11(5-6-15-13)10-3-2-4-12(14)7-10/h2-4,7,11,15-16H,5-6,8-9H2,1H3. The van der Waals surface area contributed by atoms with Gasteiger partial charge in [-0.25, -0.2) is 0 Å². The van der Waals surface area contributed by atoms with Crippen LogP contribution in [0.5, 0.6) is 0 Å². The first-order valence-corrected chi connectivity index (χ1v) is 6.54. The number of rotatable bonds is 2. The fourth-order valence-electron chi connectivity index (χ4n) is 2.43. The molecule has 2 atom stereocenters. The average molecular weight is 284 g/mol. The van der Waals surface area contributed by atoms with E-state index in [4.69, 9.17) is 0 Å². The molecule has 2 nitrogen and oxygen atoms in total. The highest BCUT2D eigenvalue weighted by molar-refractivity contribution is 9.10. The summed E-state index contributed by atoms with van der Waals surface area (Å²) in [6.45, 7) is 3.28. The summed E-state index contributed by atoms with van der Waals surface area (Å²) in [7, 11) is 0. The summed E-state index contributed by atoms with van der Waals surface area (Å²) in [4.78, 5) is 0. The first kappa shape index (κ1) is 12.1. The molecular formula is C13H18BrNO. The van der Waals surface area contributed by atoms with E-state index in [1.54, 1.807) is 0 Å². The molecule has 1 aliphatic heterocycles. The van der Waals surface area contributed by atoms with Crippen molar-refractivity contribution in [3.05, 3.63) is 34.3 Å². The normalized spacial score (nSPS) is 30.3. The van der Waals surface area contributed by atoms with Crippen molar-refractivity contribution in [2.24, 2.45) is 0 Å². The second kappa shape index (κ2) is 4.86. The summed E-state index contributed by atoms with van der Waals surface area (Å²) >= 11 is 3.51. The molecule has 0 radical (unpaired) electrons. The Morgan fingerprint density at radius 3 is 3.06 bits per heavy atom. The van der Waals surface area contributed by atoms with E-state index in [-0.39, 0.29) is 12.1 Å². The molecule has 0 saturated carbocycles. The second-order valence-corrected chi connectivity index (χ2v) is 5.81. The van der Waals surface area contributed by atoms with Crippen LogP contribution in [0.15, 0.2) is 28.7 Å². The lowest BCUT2D eigenvalue weighted by Crippen LogP contribution is -2.50. The van der Waals surface area contributed by atoms with E-state index in [1.807, 2.05) is 0 Å². The topological polar surface area (TPSA) is 32.3 Å². The summed E-state index contributed by atoms with van der Waals surface area (Å²) in [6.07, 6.45) is 2.14. The zero-order valence-corrected chi connectivity index (χ0v) is 11.1. The van der Waals surface area contributed by atoms with Gasteiger partial charge in [-0.2, -0.15) is 0 Å². The number of benzene rings is 1. The van der Waals surface area contributed by atoms with Crippen molar-refractivity contribution in [2.75, 3.05) is 13.2 Å². The van der Waals surface area contributed by atoms with Gasteiger partial charge in [-0.1, -0.05) is 28.1 Å². The fraction of sp³-hybridized carbons (Fsp3) is 0.538. The average Bonchev–Trinajstić information content (AvgIpc) is 2.29. The number of hydrogen-bond acceptors (Lipinski definition) is 2. The monoisotopic (exact) mass is 283 g/mol. The predicted octanol–water partition coefficient (Wildman–Crippen LogP) is 2.67. The summed E-state index contributed by atoms with van der Waals surface area (Å²) in [6, 6.07) is 8.50. The molecule has 0 bridgehead atoms. The number of aliphatic hydroxyl groups is 1. The Kier molecular flexibility index (Phi) is 3.67. The lowest BCUT2D eigenvalue weighted by atomic mass is 9.80. The van der Waals surface area contributed by atoms with Crippen LogP contribution in [0.25, 0.3) is 0 Å². The van der Waals surface area contributed by atoms with Crippen LogP contribution in [0.2, 0.25) is 0 Å². The molecule has 0 aromatic heterocycles. The van der Waals surface area contributed by atoms with Gasteiger partial charge >= 0.3 is 0 Å². The van der Waals surface area contributed by atoms with Crippen molar-refractivity contribution >= 4 is 15.9 Å². The number of halogens is 1. The molecule has 1 aliphatic rings. The third-order valence-corrected chi connectivity index (χ3v) is 3.90. The molecule has 1 aromatic carbocycles. The van der Waals surface area contributed by atoms with E-state index in [1.165, 1.54) is 5.56 Å². The van der Waals surface area contributed by atoms with Crippen molar-refractivity contribution in [3.63, 3.8) is 0 Å². The third-order valence-electron chi connectivity index (χ3n) is 3.41. The van der Waals surface area contributed by atoms with Crippen LogP contribution in [-0.2, 0) is 0 Å². The maximum atomic E-state index is 9.40. The first-order valence-electron chi connectivity index (χ1n) is 5.74. The summed E-state index contributed by atoms with van der Waals surface area (Å²) in [5.41, 5.74) is 1.25. The van der Waals surface area contributed by atoms with Crippen molar-refractivity contribution in [1.82, 2.24) is 5.32 Å². The van der Waals surface area contributed by atoms with E-state index < -0.39 is 0 Å². The Hall–Kier alpha value is -0.380. The van der Waals surface area contributed by atoms with Gasteiger partial charge in [0.25, 0.3) is 0 Å². The van der Waals surface area contributed by atoms with Gasteiger partial charge in [0.2, 0.25) is 0 Å². The van der Waals surface area contributed by atoms with E-state index in [0.29, 0.717) is 5.92 Å². The molecule has 88 valence electrons. The summed E-state index contributed by atoms with van der Waals surface area (Å²) in [5, 5.41) is 12.8. The molecular weight excluding hydrogens is 266 g/mol. The van der Waals surface area contributed by atoms with Gasteiger partial charge in [0.05, 0.1) is 6.61 Å². The quantitative estimate of drug-likeness (QED) is 0.875. The molecule has 2 rings (SSSR count). The van der Waals surface area contributed by atoms with Gasteiger partial charge in [-0.05, 0) is 49.9 Å². The molecule has 1 saturated heterocycles. The van der Waals surface area contributed by atoms with Crippen LogP contribution in [0.1, 0.15) is 31.2 Å². The van der Waals surface area contributed by atoms with Gasteiger partial charge in [-0.3, -0.25) is 0 Å². The fourth-order valence-corrected chi connectivity index (χ4v) is 2.85. The minimum atomic E-state index is -0.120. The van der Waals surface area contributed by atoms with Gasteiger partial charge in [0.15, 0.2) is 0 Å². The summed E-state index contributed by atoms with van der Waals surface area (Å²) in [5.74, 6) is 0.552. The Morgan fingerprint density at radius 2 is 2.38 bits per heavy atom. The molecule has 1 fully saturated rings. The lowest BCUT2D eigenvalue weighted by molar-refractivity contribution is 0.137. The minimum Gasteiger partial charge on any atom is -0.394 e. The van der Waals surface area contributed by atoms with Crippen molar-refractivity contribution in [2.45, 2.75) is 31.2 Å². The molecule has 0 spiro atoms. The molecule has 16 heavy (non-hydrogen) atoms. The number of aliphatic hydroxyl groups excluding tert-OH is 1. The van der Waals surface area contributed by atoms with Gasteiger partial charge in [-0.15, -0.1) is 0 Å². The first-order chi connectivity index (χ1) is 7.63. The van der Waals surface area contributed by atoms with Crippen LogP contribution in [0.4, 0.5) is 0 Å². The van der Waals surface area contributed by atoms with E-state index in [2.05, 4.69) is 52.4 Å². The van der Waals surface area contributed by atoms with E-state index >= 15 is 0 Å². The van der Waals surface area contributed by atoms with E-state index in [9.17, 15) is 5.11 Å². The molecule has 2 N–H and O–H groups in total. The van der Waals surface area contributed by atoms with Crippen molar-refractivity contribution < 1.29 is 5.11 Å².